The third-order valence-electron chi connectivity index (χ3n) is 4.36. The molecule has 0 bridgehead atoms. The van der Waals surface area contributed by atoms with Gasteiger partial charge in [-0.2, -0.15) is 0 Å². The Morgan fingerprint density at radius 3 is 2.68 bits per heavy atom. The van der Waals surface area contributed by atoms with E-state index in [1.807, 2.05) is 12.1 Å². The summed E-state index contributed by atoms with van der Waals surface area (Å²) >= 11 is 0. The van der Waals surface area contributed by atoms with Crippen LogP contribution < -0.4 is 4.90 Å². The fourth-order valence-corrected chi connectivity index (χ4v) is 3.07. The minimum Gasteiger partial charge on any atom is -0.392 e. The Labute approximate surface area is 116 Å². The molecule has 0 radical (unpaired) electrons. The Morgan fingerprint density at radius 1 is 1.32 bits per heavy atom. The van der Waals surface area contributed by atoms with Gasteiger partial charge in [-0.15, -0.1) is 0 Å². The Hall–Kier alpha value is -1.09. The summed E-state index contributed by atoms with van der Waals surface area (Å²) in [5.74, 6) is 2.43. The summed E-state index contributed by atoms with van der Waals surface area (Å²) in [5, 5.41) is 9.40. The largest absolute Gasteiger partial charge is 0.392 e. The molecule has 19 heavy (non-hydrogen) atoms. The van der Waals surface area contributed by atoms with E-state index in [4.69, 9.17) is 4.98 Å². The van der Waals surface area contributed by atoms with Crippen LogP contribution in [0.15, 0.2) is 12.1 Å². The van der Waals surface area contributed by atoms with E-state index in [9.17, 15) is 5.11 Å². The van der Waals surface area contributed by atoms with Gasteiger partial charge in [-0.05, 0) is 49.3 Å². The van der Waals surface area contributed by atoms with Crippen molar-refractivity contribution in [2.75, 3.05) is 11.4 Å². The molecule has 0 saturated carbocycles. The maximum atomic E-state index is 9.40. The second-order valence-corrected chi connectivity index (χ2v) is 6.05. The summed E-state index contributed by atoms with van der Waals surface area (Å²) in [6, 6.07) is 4.56. The standard InChI is InChI=1S/C16H26N2O/c1-5-15-7-14(10-19)8-16(17-15)18-9-11(2)6-12(3)13(18)4/h7-8,11-13,19H,5-6,9-10H2,1-4H3. The van der Waals surface area contributed by atoms with Gasteiger partial charge in [-0.3, -0.25) is 0 Å². The van der Waals surface area contributed by atoms with Crippen LogP contribution in [-0.4, -0.2) is 22.7 Å². The van der Waals surface area contributed by atoms with Gasteiger partial charge in [0.1, 0.15) is 5.82 Å². The average Bonchev–Trinajstić information content (AvgIpc) is 2.42. The Balaban J connectivity index is 2.33. The lowest BCUT2D eigenvalue weighted by molar-refractivity contribution is 0.280. The van der Waals surface area contributed by atoms with E-state index in [2.05, 4.69) is 32.6 Å². The van der Waals surface area contributed by atoms with Crippen molar-refractivity contribution in [2.24, 2.45) is 11.8 Å². The maximum Gasteiger partial charge on any atom is 0.129 e. The molecule has 1 fully saturated rings. The van der Waals surface area contributed by atoms with E-state index in [1.165, 1.54) is 6.42 Å². The summed E-state index contributed by atoms with van der Waals surface area (Å²) in [6.07, 6.45) is 2.20. The minimum absolute atomic E-state index is 0.0931. The second kappa shape index (κ2) is 5.91. The fraction of sp³-hybridized carbons (Fsp3) is 0.688. The van der Waals surface area contributed by atoms with E-state index < -0.39 is 0 Å². The highest BCUT2D eigenvalue weighted by molar-refractivity contribution is 5.44. The quantitative estimate of drug-likeness (QED) is 0.909. The van der Waals surface area contributed by atoms with Crippen LogP contribution in [0.2, 0.25) is 0 Å². The van der Waals surface area contributed by atoms with E-state index in [0.717, 1.165) is 30.0 Å². The zero-order valence-electron chi connectivity index (χ0n) is 12.6. The van der Waals surface area contributed by atoms with Crippen molar-refractivity contribution in [1.82, 2.24) is 4.98 Å². The predicted molar refractivity (Wildman–Crippen MR) is 79.3 cm³/mol. The van der Waals surface area contributed by atoms with Gasteiger partial charge in [0.25, 0.3) is 0 Å². The number of aryl methyl sites for hydroxylation is 1. The fourth-order valence-electron chi connectivity index (χ4n) is 3.07. The van der Waals surface area contributed by atoms with Crippen molar-refractivity contribution in [2.45, 2.75) is 53.2 Å². The molecular formula is C16H26N2O. The Morgan fingerprint density at radius 2 is 2.05 bits per heavy atom. The molecule has 2 heterocycles. The monoisotopic (exact) mass is 262 g/mol. The number of aliphatic hydroxyl groups is 1. The zero-order chi connectivity index (χ0) is 14.0. The first-order valence-corrected chi connectivity index (χ1v) is 7.42. The van der Waals surface area contributed by atoms with Gasteiger partial charge in [-0.1, -0.05) is 20.8 Å². The smallest absolute Gasteiger partial charge is 0.129 e. The molecule has 106 valence electrons. The van der Waals surface area contributed by atoms with Crippen molar-refractivity contribution in [3.05, 3.63) is 23.4 Å². The highest BCUT2D eigenvalue weighted by Gasteiger charge is 2.29. The van der Waals surface area contributed by atoms with Crippen molar-refractivity contribution < 1.29 is 5.11 Å². The number of nitrogens with zero attached hydrogens (tertiary/aromatic N) is 2. The Kier molecular flexibility index (Phi) is 4.46. The van der Waals surface area contributed by atoms with E-state index in [1.54, 1.807) is 0 Å². The topological polar surface area (TPSA) is 36.4 Å². The highest BCUT2D eigenvalue weighted by Crippen LogP contribution is 2.31. The van der Waals surface area contributed by atoms with E-state index >= 15 is 0 Å². The Bertz CT molecular complexity index is 411. The summed E-state index contributed by atoms with van der Waals surface area (Å²) in [6.45, 7) is 10.2. The molecule has 3 heteroatoms. The van der Waals surface area contributed by atoms with Crippen molar-refractivity contribution >= 4 is 5.82 Å². The van der Waals surface area contributed by atoms with Gasteiger partial charge < -0.3 is 10.0 Å². The first-order chi connectivity index (χ1) is 9.05. The molecule has 0 amide bonds. The molecule has 3 atom stereocenters. The molecule has 3 nitrogen and oxygen atoms in total. The molecule has 0 aromatic carbocycles. The molecule has 2 rings (SSSR count). The van der Waals surface area contributed by atoms with Gasteiger partial charge in [0, 0.05) is 18.3 Å². The lowest BCUT2D eigenvalue weighted by Crippen LogP contribution is -2.46. The van der Waals surface area contributed by atoms with E-state index in [-0.39, 0.29) is 6.61 Å². The van der Waals surface area contributed by atoms with Crippen LogP contribution in [0.5, 0.6) is 0 Å². The molecule has 0 aliphatic carbocycles. The molecular weight excluding hydrogens is 236 g/mol. The third kappa shape index (κ3) is 3.08. The molecule has 1 saturated heterocycles. The molecule has 1 aromatic heterocycles. The number of hydrogen-bond donors (Lipinski definition) is 1. The van der Waals surface area contributed by atoms with Crippen molar-refractivity contribution in [3.8, 4) is 0 Å². The lowest BCUT2D eigenvalue weighted by Gasteiger charge is -2.42. The first-order valence-electron chi connectivity index (χ1n) is 7.42. The molecule has 3 unspecified atom stereocenters. The summed E-state index contributed by atoms with van der Waals surface area (Å²) in [7, 11) is 0. The van der Waals surface area contributed by atoms with Crippen LogP contribution in [-0.2, 0) is 13.0 Å². The van der Waals surface area contributed by atoms with Crippen LogP contribution in [0.25, 0.3) is 0 Å². The van der Waals surface area contributed by atoms with Gasteiger partial charge in [0.05, 0.1) is 6.61 Å². The summed E-state index contributed by atoms with van der Waals surface area (Å²) in [5.41, 5.74) is 2.04. The van der Waals surface area contributed by atoms with Crippen LogP contribution >= 0.6 is 0 Å². The number of aliphatic hydroxyl groups excluding tert-OH is 1. The van der Waals surface area contributed by atoms with Crippen molar-refractivity contribution in [3.63, 3.8) is 0 Å². The van der Waals surface area contributed by atoms with Crippen LogP contribution in [0, 0.1) is 11.8 Å². The van der Waals surface area contributed by atoms with Crippen LogP contribution in [0.3, 0.4) is 0 Å². The average molecular weight is 262 g/mol. The van der Waals surface area contributed by atoms with Gasteiger partial charge >= 0.3 is 0 Å². The van der Waals surface area contributed by atoms with Crippen molar-refractivity contribution in [1.29, 1.82) is 0 Å². The number of hydrogen-bond acceptors (Lipinski definition) is 3. The number of rotatable bonds is 3. The molecule has 1 aliphatic heterocycles. The number of aromatic nitrogens is 1. The minimum atomic E-state index is 0.0931. The predicted octanol–water partition coefficient (Wildman–Crippen LogP) is 3.01. The third-order valence-corrected chi connectivity index (χ3v) is 4.36. The summed E-state index contributed by atoms with van der Waals surface area (Å²) in [4.78, 5) is 7.17. The zero-order valence-corrected chi connectivity index (χ0v) is 12.6. The number of piperidine rings is 1. The first kappa shape index (κ1) is 14.3. The molecule has 0 spiro atoms. The highest BCUT2D eigenvalue weighted by atomic mass is 16.3. The summed E-state index contributed by atoms with van der Waals surface area (Å²) < 4.78 is 0. The van der Waals surface area contributed by atoms with E-state index in [0.29, 0.717) is 17.9 Å². The number of anilines is 1. The van der Waals surface area contributed by atoms with Gasteiger partial charge in [-0.25, -0.2) is 4.98 Å². The van der Waals surface area contributed by atoms with Crippen LogP contribution in [0.4, 0.5) is 5.82 Å². The maximum absolute atomic E-state index is 9.40. The lowest BCUT2D eigenvalue weighted by atomic mass is 9.86. The second-order valence-electron chi connectivity index (χ2n) is 6.05. The molecule has 1 aliphatic rings. The van der Waals surface area contributed by atoms with Gasteiger partial charge in [0.2, 0.25) is 0 Å². The van der Waals surface area contributed by atoms with Gasteiger partial charge in [0.15, 0.2) is 0 Å². The number of pyridine rings is 1. The molecule has 1 aromatic rings. The molecule has 1 N–H and O–H groups in total. The van der Waals surface area contributed by atoms with Crippen LogP contribution in [0.1, 0.15) is 45.4 Å². The normalized spacial score (nSPS) is 27.6. The SMILES string of the molecule is CCc1cc(CO)cc(N2CC(C)CC(C)C2C)n1.